The molecule has 0 bridgehead atoms. The van der Waals surface area contributed by atoms with Crippen LogP contribution in [0.3, 0.4) is 0 Å². The summed E-state index contributed by atoms with van der Waals surface area (Å²) in [5.41, 5.74) is 1.38. The lowest BCUT2D eigenvalue weighted by Gasteiger charge is -2.03. The number of hydrogen-bond donors (Lipinski definition) is 0. The zero-order valence-corrected chi connectivity index (χ0v) is 10.2. The Bertz CT molecular complexity index is 201. The van der Waals surface area contributed by atoms with Crippen LogP contribution in [0.4, 0.5) is 0 Å². The average molecular weight is 208 g/mol. The van der Waals surface area contributed by atoms with Crippen LogP contribution < -0.4 is 0 Å². The Morgan fingerprint density at radius 1 is 1.27 bits per heavy atom. The quantitative estimate of drug-likeness (QED) is 0.406. The minimum Gasteiger partial charge on any atom is -0.381 e. The van der Waals surface area contributed by atoms with E-state index < -0.39 is 0 Å². The van der Waals surface area contributed by atoms with Crippen molar-refractivity contribution >= 4 is 0 Å². The molecule has 15 heavy (non-hydrogen) atoms. The van der Waals surface area contributed by atoms with E-state index in [2.05, 4.69) is 32.6 Å². The zero-order chi connectivity index (χ0) is 11.4. The Kier molecular flexibility index (Phi) is 10.6. The highest BCUT2D eigenvalue weighted by Gasteiger charge is 1.92. The molecule has 0 aromatic heterocycles. The largest absolute Gasteiger partial charge is 0.381 e. The van der Waals surface area contributed by atoms with Crippen LogP contribution in [0.15, 0.2) is 36.5 Å². The maximum atomic E-state index is 5.43. The molecule has 0 heterocycles. The molecule has 0 N–H and O–H groups in total. The minimum absolute atomic E-state index is 0.896. The molecule has 0 spiro atoms. The average Bonchev–Trinajstić information content (AvgIpc) is 2.27. The predicted molar refractivity (Wildman–Crippen MR) is 68.1 cm³/mol. The van der Waals surface area contributed by atoms with Crippen molar-refractivity contribution in [1.29, 1.82) is 0 Å². The summed E-state index contributed by atoms with van der Waals surface area (Å²) in [7, 11) is 0. The molecule has 0 aromatic carbocycles. The highest BCUT2D eigenvalue weighted by molar-refractivity contribution is 5.20. The number of hydrogen-bond acceptors (Lipinski definition) is 1. The van der Waals surface area contributed by atoms with E-state index in [-0.39, 0.29) is 0 Å². The van der Waals surface area contributed by atoms with Crippen LogP contribution in [0.1, 0.15) is 39.5 Å². The van der Waals surface area contributed by atoms with Gasteiger partial charge in [-0.05, 0) is 32.6 Å². The van der Waals surface area contributed by atoms with Gasteiger partial charge in [0.2, 0.25) is 0 Å². The fourth-order valence-electron chi connectivity index (χ4n) is 1.30. The lowest BCUT2D eigenvalue weighted by atomic mass is 10.1. The third-order valence-electron chi connectivity index (χ3n) is 2.17. The molecule has 0 radical (unpaired) electrons. The van der Waals surface area contributed by atoms with E-state index in [0.29, 0.717) is 0 Å². The van der Waals surface area contributed by atoms with Gasteiger partial charge in [-0.15, -0.1) is 0 Å². The molecular weight excluding hydrogens is 184 g/mol. The second-order valence-electron chi connectivity index (χ2n) is 3.53. The molecule has 1 heteroatoms. The second-order valence-corrected chi connectivity index (χ2v) is 3.53. The van der Waals surface area contributed by atoms with Crippen LogP contribution in [0.25, 0.3) is 0 Å². The number of unbranched alkanes of at least 4 members (excludes halogenated alkanes) is 1. The van der Waals surface area contributed by atoms with Gasteiger partial charge in [-0.25, -0.2) is 0 Å². The van der Waals surface area contributed by atoms with Gasteiger partial charge >= 0.3 is 0 Å². The van der Waals surface area contributed by atoms with Gasteiger partial charge in [0, 0.05) is 13.2 Å². The molecule has 0 aromatic rings. The van der Waals surface area contributed by atoms with Crippen molar-refractivity contribution in [2.24, 2.45) is 0 Å². The van der Waals surface area contributed by atoms with Crippen LogP contribution in [-0.4, -0.2) is 13.2 Å². The molecule has 0 atom stereocenters. The van der Waals surface area contributed by atoms with Crippen molar-refractivity contribution < 1.29 is 4.74 Å². The molecule has 0 aliphatic carbocycles. The third kappa shape index (κ3) is 9.48. The van der Waals surface area contributed by atoms with Gasteiger partial charge in [0.05, 0.1) is 0 Å². The summed E-state index contributed by atoms with van der Waals surface area (Å²) < 4.78 is 5.43. The van der Waals surface area contributed by atoms with E-state index in [4.69, 9.17) is 4.74 Å². The van der Waals surface area contributed by atoms with Crippen molar-refractivity contribution in [2.45, 2.75) is 39.5 Å². The van der Waals surface area contributed by atoms with E-state index in [1.807, 2.05) is 12.2 Å². The van der Waals surface area contributed by atoms with Crippen LogP contribution in [0.5, 0.6) is 0 Å². The molecule has 0 amide bonds. The van der Waals surface area contributed by atoms with Gasteiger partial charge in [-0.1, -0.05) is 43.4 Å². The van der Waals surface area contributed by atoms with Crippen molar-refractivity contribution in [2.75, 3.05) is 13.2 Å². The lowest BCUT2D eigenvalue weighted by molar-refractivity contribution is 0.131. The van der Waals surface area contributed by atoms with Gasteiger partial charge in [-0.2, -0.15) is 0 Å². The predicted octanol–water partition coefficient (Wildman–Crippen LogP) is 4.27. The maximum Gasteiger partial charge on any atom is 0.0466 e. The van der Waals surface area contributed by atoms with E-state index in [0.717, 1.165) is 32.5 Å². The van der Waals surface area contributed by atoms with Crippen molar-refractivity contribution in [3.05, 3.63) is 36.5 Å². The van der Waals surface area contributed by atoms with E-state index in [9.17, 15) is 0 Å². The van der Waals surface area contributed by atoms with Crippen molar-refractivity contribution in [3.63, 3.8) is 0 Å². The second kappa shape index (κ2) is 11.3. The minimum atomic E-state index is 0.896. The Morgan fingerprint density at radius 3 is 2.67 bits per heavy atom. The Morgan fingerprint density at radius 2 is 2.07 bits per heavy atom. The van der Waals surface area contributed by atoms with E-state index >= 15 is 0 Å². The third-order valence-corrected chi connectivity index (χ3v) is 2.17. The number of ether oxygens (including phenoxy) is 1. The molecule has 0 fully saturated rings. The summed E-state index contributed by atoms with van der Waals surface area (Å²) in [5.74, 6) is 0. The fraction of sp³-hybridized carbons (Fsp3) is 0.571. The Hall–Kier alpha value is -0.820. The summed E-state index contributed by atoms with van der Waals surface area (Å²) in [6.45, 7) is 9.67. The number of allylic oxidation sites excluding steroid dienone is 5. The summed E-state index contributed by atoms with van der Waals surface area (Å²) in [5, 5.41) is 0. The van der Waals surface area contributed by atoms with Crippen LogP contribution in [0, 0.1) is 0 Å². The molecular formula is C14H24O. The standard InChI is InChI=1S/C14H24O/c1-4-7-10-14(6-3)11-8-9-13-15-12-5-2/h4,6-7,10H,1,5,8-9,11-13H2,2-3H3/b10-7-,14-6+. The van der Waals surface area contributed by atoms with E-state index in [1.165, 1.54) is 12.0 Å². The zero-order valence-electron chi connectivity index (χ0n) is 10.2. The molecule has 0 saturated carbocycles. The first kappa shape index (κ1) is 14.2. The molecule has 0 aliphatic rings. The summed E-state index contributed by atoms with van der Waals surface area (Å²) in [4.78, 5) is 0. The SMILES string of the molecule is C=C/C=C\C(=C/C)CCCCOCCC. The van der Waals surface area contributed by atoms with Gasteiger partial charge in [0.1, 0.15) is 0 Å². The molecule has 0 rings (SSSR count). The molecule has 0 unspecified atom stereocenters. The smallest absolute Gasteiger partial charge is 0.0466 e. The van der Waals surface area contributed by atoms with Gasteiger partial charge in [-0.3, -0.25) is 0 Å². The molecule has 0 aliphatic heterocycles. The highest BCUT2D eigenvalue weighted by Crippen LogP contribution is 2.09. The molecule has 86 valence electrons. The molecule has 1 nitrogen and oxygen atoms in total. The van der Waals surface area contributed by atoms with Gasteiger partial charge < -0.3 is 4.74 Å². The molecule has 0 saturated heterocycles. The first-order valence-corrected chi connectivity index (χ1v) is 5.87. The summed E-state index contributed by atoms with van der Waals surface area (Å²) in [6, 6.07) is 0. The van der Waals surface area contributed by atoms with Crippen LogP contribution in [-0.2, 0) is 4.74 Å². The van der Waals surface area contributed by atoms with Gasteiger partial charge in [0.15, 0.2) is 0 Å². The van der Waals surface area contributed by atoms with Gasteiger partial charge in [0.25, 0.3) is 0 Å². The van der Waals surface area contributed by atoms with Crippen molar-refractivity contribution in [1.82, 2.24) is 0 Å². The van der Waals surface area contributed by atoms with E-state index in [1.54, 1.807) is 0 Å². The normalized spacial score (nSPS) is 12.3. The lowest BCUT2D eigenvalue weighted by Crippen LogP contribution is -1.95. The number of rotatable bonds is 9. The Balaban J connectivity index is 3.47. The maximum absolute atomic E-state index is 5.43. The van der Waals surface area contributed by atoms with Crippen LogP contribution in [0.2, 0.25) is 0 Å². The highest BCUT2D eigenvalue weighted by atomic mass is 16.5. The van der Waals surface area contributed by atoms with Crippen LogP contribution >= 0.6 is 0 Å². The Labute approximate surface area is 94.5 Å². The fourth-order valence-corrected chi connectivity index (χ4v) is 1.30. The first-order valence-electron chi connectivity index (χ1n) is 5.87. The first-order chi connectivity index (χ1) is 7.35. The monoisotopic (exact) mass is 208 g/mol. The summed E-state index contributed by atoms with van der Waals surface area (Å²) >= 11 is 0. The summed E-state index contributed by atoms with van der Waals surface area (Å²) in [6.07, 6.45) is 12.7. The topological polar surface area (TPSA) is 9.23 Å². The van der Waals surface area contributed by atoms with Crippen molar-refractivity contribution in [3.8, 4) is 0 Å².